The predicted octanol–water partition coefficient (Wildman–Crippen LogP) is 3.04. The zero-order valence-electron chi connectivity index (χ0n) is 11.6. The molecular formula is C13H19ClN2O3S. The molecule has 0 fully saturated rings. The fourth-order valence-corrected chi connectivity index (χ4v) is 2.86. The molecule has 1 heterocycles. The van der Waals surface area contributed by atoms with Gasteiger partial charge in [-0.25, -0.2) is 4.79 Å². The lowest BCUT2D eigenvalue weighted by atomic mass is 10.0. The maximum Gasteiger partial charge on any atom is 0.317 e. The number of rotatable bonds is 7. The summed E-state index contributed by atoms with van der Waals surface area (Å²) in [5.74, 6) is -0.881. The van der Waals surface area contributed by atoms with Gasteiger partial charge in [0.05, 0.1) is 10.9 Å². The number of carbonyl (C=O) groups is 2. The van der Waals surface area contributed by atoms with Crippen LogP contribution in [0.4, 0.5) is 4.79 Å². The maximum atomic E-state index is 11.9. The van der Waals surface area contributed by atoms with Gasteiger partial charge in [0.2, 0.25) is 0 Å². The van der Waals surface area contributed by atoms with Crippen LogP contribution >= 0.6 is 22.9 Å². The molecule has 0 aliphatic rings. The van der Waals surface area contributed by atoms with Crippen molar-refractivity contribution in [2.45, 2.75) is 26.3 Å². The van der Waals surface area contributed by atoms with E-state index in [1.54, 1.807) is 18.0 Å². The van der Waals surface area contributed by atoms with Gasteiger partial charge in [-0.2, -0.15) is 0 Å². The van der Waals surface area contributed by atoms with Crippen LogP contribution in [0.2, 0.25) is 4.34 Å². The number of urea groups is 1. The van der Waals surface area contributed by atoms with Gasteiger partial charge in [-0.3, -0.25) is 4.79 Å². The fraction of sp³-hybridized carbons (Fsp3) is 0.538. The fourth-order valence-electron chi connectivity index (χ4n) is 1.72. The van der Waals surface area contributed by atoms with Gasteiger partial charge in [0.1, 0.15) is 0 Å². The van der Waals surface area contributed by atoms with Crippen molar-refractivity contribution in [2.75, 3.05) is 13.6 Å². The zero-order chi connectivity index (χ0) is 15.1. The van der Waals surface area contributed by atoms with E-state index in [1.807, 2.05) is 13.0 Å². The lowest BCUT2D eigenvalue weighted by molar-refractivity contribution is -0.138. The molecular weight excluding hydrogens is 300 g/mol. The van der Waals surface area contributed by atoms with E-state index in [0.29, 0.717) is 17.4 Å². The van der Waals surface area contributed by atoms with E-state index < -0.39 is 5.97 Å². The second-order valence-electron chi connectivity index (χ2n) is 4.62. The SMILES string of the molecule is CCC(CNC(=O)N(C)Cc1ccc(Cl)s1)CC(=O)O. The molecule has 1 aromatic heterocycles. The Labute approximate surface area is 127 Å². The number of carboxylic acids is 1. The highest BCUT2D eigenvalue weighted by Gasteiger charge is 2.15. The molecule has 0 radical (unpaired) electrons. The van der Waals surface area contributed by atoms with Gasteiger partial charge in [0.25, 0.3) is 0 Å². The first-order chi connectivity index (χ1) is 9.42. The summed E-state index contributed by atoms with van der Waals surface area (Å²) in [4.78, 5) is 25.1. The number of nitrogens with one attached hydrogen (secondary N) is 1. The summed E-state index contributed by atoms with van der Waals surface area (Å²) in [6, 6.07) is 3.47. The minimum atomic E-state index is -0.840. The lowest BCUT2D eigenvalue weighted by Gasteiger charge is -2.19. The summed E-state index contributed by atoms with van der Waals surface area (Å²) < 4.78 is 0.696. The average Bonchev–Trinajstić information content (AvgIpc) is 2.78. The summed E-state index contributed by atoms with van der Waals surface area (Å²) in [7, 11) is 1.70. The van der Waals surface area contributed by atoms with Gasteiger partial charge in [0, 0.05) is 24.9 Å². The Bertz CT molecular complexity index is 464. The van der Waals surface area contributed by atoms with Crippen LogP contribution in [-0.4, -0.2) is 35.6 Å². The van der Waals surface area contributed by atoms with E-state index >= 15 is 0 Å². The molecule has 1 aromatic rings. The summed E-state index contributed by atoms with van der Waals surface area (Å²) in [5, 5.41) is 11.5. The van der Waals surface area contributed by atoms with Crippen LogP contribution in [0.25, 0.3) is 0 Å². The van der Waals surface area contributed by atoms with Gasteiger partial charge in [-0.05, 0) is 18.1 Å². The van der Waals surface area contributed by atoms with E-state index in [-0.39, 0.29) is 18.4 Å². The zero-order valence-corrected chi connectivity index (χ0v) is 13.1. The highest BCUT2D eigenvalue weighted by Crippen LogP contribution is 2.22. The topological polar surface area (TPSA) is 69.6 Å². The van der Waals surface area contributed by atoms with Crippen LogP contribution in [-0.2, 0) is 11.3 Å². The molecule has 112 valence electrons. The Morgan fingerprint density at radius 3 is 2.70 bits per heavy atom. The van der Waals surface area contributed by atoms with Gasteiger partial charge in [0.15, 0.2) is 0 Å². The molecule has 0 saturated carbocycles. The lowest BCUT2D eigenvalue weighted by Crippen LogP contribution is -2.39. The molecule has 1 rings (SSSR count). The second kappa shape index (κ2) is 8.11. The van der Waals surface area contributed by atoms with E-state index in [1.165, 1.54) is 11.3 Å². The van der Waals surface area contributed by atoms with Crippen molar-refractivity contribution in [1.29, 1.82) is 0 Å². The number of amides is 2. The van der Waals surface area contributed by atoms with Gasteiger partial charge < -0.3 is 15.3 Å². The molecule has 0 aliphatic heterocycles. The predicted molar refractivity (Wildman–Crippen MR) is 80.2 cm³/mol. The van der Waals surface area contributed by atoms with Crippen LogP contribution in [0, 0.1) is 5.92 Å². The van der Waals surface area contributed by atoms with Crippen molar-refractivity contribution >= 4 is 34.9 Å². The van der Waals surface area contributed by atoms with Gasteiger partial charge in [-0.15, -0.1) is 11.3 Å². The third kappa shape index (κ3) is 5.79. The molecule has 7 heteroatoms. The number of hydrogen-bond acceptors (Lipinski definition) is 3. The standard InChI is InChI=1S/C13H19ClN2O3S/c1-3-9(6-12(17)18)7-15-13(19)16(2)8-10-4-5-11(14)20-10/h4-5,9H,3,6-8H2,1-2H3,(H,15,19)(H,17,18). The minimum absolute atomic E-state index is 0.0407. The van der Waals surface area contributed by atoms with Gasteiger partial charge >= 0.3 is 12.0 Å². The van der Waals surface area contributed by atoms with Crippen LogP contribution in [0.5, 0.6) is 0 Å². The molecule has 0 aromatic carbocycles. The van der Waals surface area contributed by atoms with Crippen LogP contribution in [0.15, 0.2) is 12.1 Å². The van der Waals surface area contributed by atoms with Crippen molar-refractivity contribution in [3.8, 4) is 0 Å². The highest BCUT2D eigenvalue weighted by molar-refractivity contribution is 7.16. The van der Waals surface area contributed by atoms with E-state index in [4.69, 9.17) is 16.7 Å². The summed E-state index contributed by atoms with van der Waals surface area (Å²) in [6.45, 7) is 2.77. The van der Waals surface area contributed by atoms with Crippen molar-refractivity contribution in [1.82, 2.24) is 10.2 Å². The normalized spacial score (nSPS) is 11.9. The maximum absolute atomic E-state index is 11.9. The molecule has 0 bridgehead atoms. The van der Waals surface area contributed by atoms with Crippen molar-refractivity contribution in [2.24, 2.45) is 5.92 Å². The molecule has 2 N–H and O–H groups in total. The monoisotopic (exact) mass is 318 g/mol. The quantitative estimate of drug-likeness (QED) is 0.811. The molecule has 0 saturated heterocycles. The molecule has 2 amide bonds. The summed E-state index contributed by atoms with van der Waals surface area (Å²) >= 11 is 7.27. The number of carbonyl (C=O) groups excluding carboxylic acids is 1. The van der Waals surface area contributed by atoms with Crippen LogP contribution in [0.1, 0.15) is 24.6 Å². The summed E-state index contributed by atoms with van der Waals surface area (Å²) in [6.07, 6.45) is 0.790. The van der Waals surface area contributed by atoms with Crippen LogP contribution in [0.3, 0.4) is 0 Å². The van der Waals surface area contributed by atoms with Crippen molar-refractivity contribution < 1.29 is 14.7 Å². The molecule has 0 spiro atoms. The third-order valence-electron chi connectivity index (χ3n) is 2.95. The van der Waals surface area contributed by atoms with Crippen molar-refractivity contribution in [3.05, 3.63) is 21.3 Å². The van der Waals surface area contributed by atoms with E-state index in [2.05, 4.69) is 5.32 Å². The first-order valence-electron chi connectivity index (χ1n) is 6.37. The van der Waals surface area contributed by atoms with Crippen molar-refractivity contribution in [3.63, 3.8) is 0 Å². The van der Waals surface area contributed by atoms with Gasteiger partial charge in [-0.1, -0.05) is 24.9 Å². The number of thiophene rings is 1. The number of carboxylic acid groups (broad SMARTS) is 1. The molecule has 20 heavy (non-hydrogen) atoms. The Morgan fingerprint density at radius 1 is 1.50 bits per heavy atom. The molecule has 1 atom stereocenters. The second-order valence-corrected chi connectivity index (χ2v) is 6.42. The summed E-state index contributed by atoms with van der Waals surface area (Å²) in [5.41, 5.74) is 0. The smallest absolute Gasteiger partial charge is 0.317 e. The molecule has 5 nitrogen and oxygen atoms in total. The molecule has 1 unspecified atom stereocenters. The van der Waals surface area contributed by atoms with E-state index in [0.717, 1.165) is 11.3 Å². The third-order valence-corrected chi connectivity index (χ3v) is 4.17. The Kier molecular flexibility index (Phi) is 6.81. The Hall–Kier alpha value is -1.27. The average molecular weight is 319 g/mol. The Morgan fingerprint density at radius 2 is 2.20 bits per heavy atom. The first-order valence-corrected chi connectivity index (χ1v) is 7.56. The largest absolute Gasteiger partial charge is 0.481 e. The number of hydrogen-bond donors (Lipinski definition) is 2. The number of nitrogens with zero attached hydrogens (tertiary/aromatic N) is 1. The molecule has 0 aliphatic carbocycles. The van der Waals surface area contributed by atoms with E-state index in [9.17, 15) is 9.59 Å². The highest BCUT2D eigenvalue weighted by atomic mass is 35.5. The van der Waals surface area contributed by atoms with Crippen LogP contribution < -0.4 is 5.32 Å². The minimum Gasteiger partial charge on any atom is -0.481 e. The Balaban J connectivity index is 2.39. The first kappa shape index (κ1) is 16.8. The number of aliphatic carboxylic acids is 1. The number of halogens is 1.